The van der Waals surface area contributed by atoms with Gasteiger partial charge in [-0.15, -0.1) is 0 Å². The second-order valence-electron chi connectivity index (χ2n) is 5.63. The van der Waals surface area contributed by atoms with Crippen molar-refractivity contribution in [3.05, 3.63) is 60.2 Å². The first-order valence-corrected chi connectivity index (χ1v) is 7.30. The molecule has 0 radical (unpaired) electrons. The van der Waals surface area contributed by atoms with Crippen molar-refractivity contribution in [3.8, 4) is 11.3 Å². The lowest BCUT2D eigenvalue weighted by Crippen LogP contribution is -2.12. The Balaban J connectivity index is 2.22. The standard InChI is InChI=1S/C18H16F3NO/c1-12(23)11-22-16-8-7-15(18(19,20)21)9-14(16)10-17(22)13-5-3-2-4-6-13/h2-10,12,23H,11H2,1H3. The first-order valence-electron chi connectivity index (χ1n) is 7.30. The highest BCUT2D eigenvalue weighted by Crippen LogP contribution is 2.34. The maximum absolute atomic E-state index is 12.9. The zero-order chi connectivity index (χ0) is 16.6. The fraction of sp³-hybridized carbons (Fsp3) is 0.222. The molecule has 1 atom stereocenters. The maximum Gasteiger partial charge on any atom is 0.416 e. The molecule has 3 aromatic rings. The molecular weight excluding hydrogens is 303 g/mol. The van der Waals surface area contributed by atoms with Crippen LogP contribution < -0.4 is 0 Å². The normalized spacial score (nSPS) is 13.4. The molecular formula is C18H16F3NO. The molecule has 23 heavy (non-hydrogen) atoms. The van der Waals surface area contributed by atoms with Crippen molar-refractivity contribution in [2.75, 3.05) is 0 Å². The molecule has 120 valence electrons. The van der Waals surface area contributed by atoms with Gasteiger partial charge in [-0.05, 0) is 36.8 Å². The number of aliphatic hydroxyl groups excluding tert-OH is 1. The second kappa shape index (κ2) is 5.74. The van der Waals surface area contributed by atoms with E-state index in [-0.39, 0.29) is 0 Å². The molecule has 0 amide bonds. The van der Waals surface area contributed by atoms with Crippen molar-refractivity contribution >= 4 is 10.9 Å². The average molecular weight is 319 g/mol. The van der Waals surface area contributed by atoms with E-state index in [2.05, 4.69) is 0 Å². The lowest BCUT2D eigenvalue weighted by Gasteiger charge is -2.13. The molecule has 1 heterocycles. The van der Waals surface area contributed by atoms with Crippen LogP contribution in [0.4, 0.5) is 13.2 Å². The van der Waals surface area contributed by atoms with Crippen molar-refractivity contribution in [1.29, 1.82) is 0 Å². The number of aromatic nitrogens is 1. The quantitative estimate of drug-likeness (QED) is 0.743. The average Bonchev–Trinajstić information content (AvgIpc) is 2.85. The topological polar surface area (TPSA) is 25.2 Å². The monoisotopic (exact) mass is 319 g/mol. The summed E-state index contributed by atoms with van der Waals surface area (Å²) in [5.74, 6) is 0. The van der Waals surface area contributed by atoms with Crippen LogP contribution in [0.1, 0.15) is 12.5 Å². The Morgan fingerprint density at radius 3 is 2.35 bits per heavy atom. The molecule has 3 rings (SSSR count). The molecule has 5 heteroatoms. The van der Waals surface area contributed by atoms with Gasteiger partial charge in [0.1, 0.15) is 0 Å². The third kappa shape index (κ3) is 3.10. The molecule has 0 fully saturated rings. The summed E-state index contributed by atoms with van der Waals surface area (Å²) in [6, 6.07) is 14.9. The Hall–Kier alpha value is -2.27. The van der Waals surface area contributed by atoms with Gasteiger partial charge in [0.05, 0.1) is 11.7 Å². The molecule has 2 aromatic carbocycles. The van der Waals surface area contributed by atoms with Crippen molar-refractivity contribution < 1.29 is 18.3 Å². The van der Waals surface area contributed by atoms with E-state index in [1.165, 1.54) is 6.07 Å². The molecule has 1 aromatic heterocycles. The fourth-order valence-corrected chi connectivity index (χ4v) is 2.76. The van der Waals surface area contributed by atoms with Crippen molar-refractivity contribution in [1.82, 2.24) is 4.57 Å². The van der Waals surface area contributed by atoms with Gasteiger partial charge in [-0.1, -0.05) is 30.3 Å². The summed E-state index contributed by atoms with van der Waals surface area (Å²) in [5.41, 5.74) is 1.70. The predicted molar refractivity (Wildman–Crippen MR) is 84.1 cm³/mol. The first-order chi connectivity index (χ1) is 10.9. The largest absolute Gasteiger partial charge is 0.416 e. The Labute approximate surface area is 131 Å². The zero-order valence-electron chi connectivity index (χ0n) is 12.5. The van der Waals surface area contributed by atoms with Gasteiger partial charge in [-0.3, -0.25) is 0 Å². The number of benzene rings is 2. The van der Waals surface area contributed by atoms with Crippen molar-refractivity contribution in [3.63, 3.8) is 0 Å². The number of fused-ring (bicyclic) bond motifs is 1. The van der Waals surface area contributed by atoms with Gasteiger partial charge in [0.2, 0.25) is 0 Å². The molecule has 0 aliphatic rings. The molecule has 0 aliphatic heterocycles. The minimum Gasteiger partial charge on any atom is -0.392 e. The smallest absolute Gasteiger partial charge is 0.392 e. The summed E-state index contributed by atoms with van der Waals surface area (Å²) < 4.78 is 40.6. The lowest BCUT2D eigenvalue weighted by atomic mass is 10.1. The van der Waals surface area contributed by atoms with Crippen LogP contribution in [-0.2, 0) is 12.7 Å². The summed E-state index contributed by atoms with van der Waals surface area (Å²) in [6.07, 6.45) is -4.97. The van der Waals surface area contributed by atoms with Gasteiger partial charge in [-0.2, -0.15) is 13.2 Å². The molecule has 0 saturated carbocycles. The van der Waals surface area contributed by atoms with E-state index in [9.17, 15) is 18.3 Å². The van der Waals surface area contributed by atoms with Crippen LogP contribution >= 0.6 is 0 Å². The van der Waals surface area contributed by atoms with Crippen molar-refractivity contribution in [2.24, 2.45) is 0 Å². The fourth-order valence-electron chi connectivity index (χ4n) is 2.76. The van der Waals surface area contributed by atoms with Gasteiger partial charge in [0.15, 0.2) is 0 Å². The highest BCUT2D eigenvalue weighted by Gasteiger charge is 2.30. The Morgan fingerprint density at radius 1 is 1.04 bits per heavy atom. The van der Waals surface area contributed by atoms with Gasteiger partial charge in [0.25, 0.3) is 0 Å². The van der Waals surface area contributed by atoms with E-state index in [4.69, 9.17) is 0 Å². The minimum atomic E-state index is -4.37. The first kappa shape index (κ1) is 15.6. The van der Waals surface area contributed by atoms with E-state index >= 15 is 0 Å². The summed E-state index contributed by atoms with van der Waals surface area (Å²) in [5, 5.41) is 10.3. The number of alkyl halides is 3. The molecule has 0 aliphatic carbocycles. The van der Waals surface area contributed by atoms with E-state index in [0.29, 0.717) is 17.4 Å². The van der Waals surface area contributed by atoms with Crippen LogP contribution in [0.3, 0.4) is 0 Å². The van der Waals surface area contributed by atoms with Crippen LogP contribution in [0.5, 0.6) is 0 Å². The highest BCUT2D eigenvalue weighted by molar-refractivity contribution is 5.87. The van der Waals surface area contributed by atoms with Gasteiger partial charge in [0, 0.05) is 23.1 Å². The van der Waals surface area contributed by atoms with E-state index in [1.807, 2.05) is 34.9 Å². The van der Waals surface area contributed by atoms with Gasteiger partial charge >= 0.3 is 6.18 Å². The summed E-state index contributed by atoms with van der Waals surface area (Å²) in [6.45, 7) is 1.98. The van der Waals surface area contributed by atoms with Crippen LogP contribution in [0.25, 0.3) is 22.2 Å². The number of rotatable bonds is 3. The second-order valence-corrected chi connectivity index (χ2v) is 5.63. The number of nitrogens with zero attached hydrogens (tertiary/aromatic N) is 1. The van der Waals surface area contributed by atoms with E-state index < -0.39 is 17.8 Å². The van der Waals surface area contributed by atoms with E-state index in [0.717, 1.165) is 23.4 Å². The minimum absolute atomic E-state index is 0.319. The summed E-state index contributed by atoms with van der Waals surface area (Å²) in [7, 11) is 0. The lowest BCUT2D eigenvalue weighted by molar-refractivity contribution is -0.137. The van der Waals surface area contributed by atoms with Crippen LogP contribution in [0, 0.1) is 0 Å². The molecule has 1 N–H and O–H groups in total. The molecule has 0 saturated heterocycles. The number of hydrogen-bond acceptors (Lipinski definition) is 1. The predicted octanol–water partition coefficient (Wildman–Crippen LogP) is 4.71. The summed E-state index contributed by atoms with van der Waals surface area (Å²) in [4.78, 5) is 0. The molecule has 2 nitrogen and oxygen atoms in total. The Bertz CT molecular complexity index is 819. The van der Waals surface area contributed by atoms with E-state index in [1.54, 1.807) is 13.0 Å². The number of halogens is 3. The molecule has 1 unspecified atom stereocenters. The Morgan fingerprint density at radius 2 is 1.74 bits per heavy atom. The highest BCUT2D eigenvalue weighted by atomic mass is 19.4. The molecule has 0 bridgehead atoms. The van der Waals surface area contributed by atoms with Crippen molar-refractivity contribution in [2.45, 2.75) is 25.7 Å². The number of hydrogen-bond donors (Lipinski definition) is 1. The third-order valence-corrected chi connectivity index (χ3v) is 3.75. The maximum atomic E-state index is 12.9. The third-order valence-electron chi connectivity index (χ3n) is 3.75. The SMILES string of the molecule is CC(O)Cn1c(-c2ccccc2)cc2cc(C(F)(F)F)ccc21. The molecule has 0 spiro atoms. The summed E-state index contributed by atoms with van der Waals surface area (Å²) >= 11 is 0. The van der Waals surface area contributed by atoms with Crippen LogP contribution in [0.2, 0.25) is 0 Å². The Kier molecular flexibility index (Phi) is 3.90. The van der Waals surface area contributed by atoms with Crippen LogP contribution in [0.15, 0.2) is 54.6 Å². The van der Waals surface area contributed by atoms with Gasteiger partial charge in [-0.25, -0.2) is 0 Å². The zero-order valence-corrected chi connectivity index (χ0v) is 12.5. The van der Waals surface area contributed by atoms with Gasteiger partial charge < -0.3 is 9.67 Å². The number of aliphatic hydroxyl groups is 1. The van der Waals surface area contributed by atoms with Crippen LogP contribution in [-0.4, -0.2) is 15.8 Å².